The first-order valence-corrected chi connectivity index (χ1v) is 6.07. The van der Waals surface area contributed by atoms with E-state index in [-0.39, 0.29) is 0 Å². The summed E-state index contributed by atoms with van der Waals surface area (Å²) in [5.41, 5.74) is 7.15. The summed E-state index contributed by atoms with van der Waals surface area (Å²) in [5.74, 6) is 1.31. The van der Waals surface area contributed by atoms with E-state index < -0.39 is 0 Å². The Labute approximate surface area is 89.8 Å². The van der Waals surface area contributed by atoms with E-state index >= 15 is 0 Å². The molecule has 2 fully saturated rings. The highest BCUT2D eigenvalue weighted by Crippen LogP contribution is 2.41. The van der Waals surface area contributed by atoms with Crippen molar-refractivity contribution in [1.82, 2.24) is 15.0 Å². The maximum Gasteiger partial charge on any atom is 0.169 e. The van der Waals surface area contributed by atoms with Crippen LogP contribution in [0.5, 0.6) is 0 Å². The van der Waals surface area contributed by atoms with Crippen molar-refractivity contribution in [3.63, 3.8) is 0 Å². The molecule has 15 heavy (non-hydrogen) atoms. The molecule has 0 aliphatic heterocycles. The van der Waals surface area contributed by atoms with Crippen molar-refractivity contribution in [3.05, 3.63) is 5.69 Å². The highest BCUT2D eigenvalue weighted by molar-refractivity contribution is 5.37. The summed E-state index contributed by atoms with van der Waals surface area (Å²) < 4.78 is 2.13. The van der Waals surface area contributed by atoms with Gasteiger partial charge in [0, 0.05) is 5.92 Å². The third kappa shape index (κ3) is 1.43. The van der Waals surface area contributed by atoms with Crippen LogP contribution in [0, 0.1) is 0 Å². The van der Waals surface area contributed by atoms with Gasteiger partial charge in [-0.05, 0) is 25.7 Å². The van der Waals surface area contributed by atoms with Gasteiger partial charge in [-0.15, -0.1) is 5.10 Å². The zero-order valence-electron chi connectivity index (χ0n) is 9.02. The van der Waals surface area contributed by atoms with E-state index in [0.29, 0.717) is 17.8 Å². The average Bonchev–Trinajstić information content (AvgIpc) is 2.74. The molecule has 0 bridgehead atoms. The molecule has 3 rings (SSSR count). The molecule has 1 aromatic heterocycles. The Kier molecular flexibility index (Phi) is 2.15. The van der Waals surface area contributed by atoms with Crippen LogP contribution in [-0.4, -0.2) is 15.0 Å². The standard InChI is InChI=1S/C11H18N4/c12-11-10(8-4-3-5-8)15(14-13-11)9-6-1-2-7-9/h8-9H,1-7,12H2. The number of anilines is 1. The lowest BCUT2D eigenvalue weighted by Gasteiger charge is -2.27. The van der Waals surface area contributed by atoms with E-state index in [4.69, 9.17) is 5.73 Å². The Morgan fingerprint density at radius 1 is 1.07 bits per heavy atom. The molecule has 0 aromatic carbocycles. The first-order chi connectivity index (χ1) is 7.36. The molecular weight excluding hydrogens is 188 g/mol. The van der Waals surface area contributed by atoms with Gasteiger partial charge in [0.15, 0.2) is 5.82 Å². The molecule has 0 amide bonds. The number of nitrogen functional groups attached to an aromatic ring is 1. The molecule has 2 N–H and O–H groups in total. The summed E-state index contributed by atoms with van der Waals surface area (Å²) in [5, 5.41) is 8.30. The van der Waals surface area contributed by atoms with E-state index in [1.165, 1.54) is 50.6 Å². The van der Waals surface area contributed by atoms with Crippen molar-refractivity contribution in [2.75, 3.05) is 5.73 Å². The van der Waals surface area contributed by atoms with Crippen molar-refractivity contribution in [3.8, 4) is 0 Å². The lowest BCUT2D eigenvalue weighted by Crippen LogP contribution is -2.18. The monoisotopic (exact) mass is 206 g/mol. The minimum absolute atomic E-state index is 0.574. The maximum atomic E-state index is 5.92. The quantitative estimate of drug-likeness (QED) is 0.807. The number of nitrogens with two attached hydrogens (primary N) is 1. The van der Waals surface area contributed by atoms with Gasteiger partial charge in [0.05, 0.1) is 11.7 Å². The summed E-state index contributed by atoms with van der Waals surface area (Å²) in [6.07, 6.45) is 9.03. The third-order valence-electron chi connectivity index (χ3n) is 3.92. The van der Waals surface area contributed by atoms with Crippen LogP contribution in [0.25, 0.3) is 0 Å². The van der Waals surface area contributed by atoms with E-state index in [1.807, 2.05) is 0 Å². The molecule has 1 aromatic rings. The number of rotatable bonds is 2. The molecule has 1 heterocycles. The fraction of sp³-hybridized carbons (Fsp3) is 0.818. The largest absolute Gasteiger partial charge is 0.381 e. The Bertz CT molecular complexity index is 347. The molecule has 0 radical (unpaired) electrons. The molecule has 4 heteroatoms. The predicted molar refractivity (Wildman–Crippen MR) is 58.5 cm³/mol. The summed E-state index contributed by atoms with van der Waals surface area (Å²) in [6, 6.07) is 0.574. The highest BCUT2D eigenvalue weighted by atomic mass is 15.5. The van der Waals surface area contributed by atoms with Crippen LogP contribution in [-0.2, 0) is 0 Å². The van der Waals surface area contributed by atoms with Gasteiger partial charge in [0.1, 0.15) is 0 Å². The van der Waals surface area contributed by atoms with Crippen LogP contribution < -0.4 is 5.73 Å². The molecule has 4 nitrogen and oxygen atoms in total. The van der Waals surface area contributed by atoms with Gasteiger partial charge < -0.3 is 5.73 Å². The second kappa shape index (κ2) is 3.51. The Balaban J connectivity index is 1.92. The SMILES string of the molecule is Nc1nnn(C2CCCC2)c1C1CCC1. The van der Waals surface area contributed by atoms with Crippen LogP contribution in [0.3, 0.4) is 0 Å². The van der Waals surface area contributed by atoms with E-state index in [2.05, 4.69) is 15.0 Å². The van der Waals surface area contributed by atoms with E-state index in [9.17, 15) is 0 Å². The number of hydrogen-bond donors (Lipinski definition) is 1. The zero-order chi connectivity index (χ0) is 10.3. The average molecular weight is 206 g/mol. The second-order valence-corrected chi connectivity index (χ2v) is 4.87. The van der Waals surface area contributed by atoms with E-state index in [0.717, 1.165) is 0 Å². The van der Waals surface area contributed by atoms with Gasteiger partial charge >= 0.3 is 0 Å². The molecule has 2 aliphatic rings. The van der Waals surface area contributed by atoms with Crippen LogP contribution in [0.4, 0.5) is 5.82 Å². The molecule has 0 spiro atoms. The van der Waals surface area contributed by atoms with Gasteiger partial charge in [0.2, 0.25) is 0 Å². The number of aromatic nitrogens is 3. The fourth-order valence-electron chi connectivity index (χ4n) is 2.81. The van der Waals surface area contributed by atoms with Crippen molar-refractivity contribution in [2.45, 2.75) is 56.9 Å². The molecule has 0 atom stereocenters. The normalized spacial score (nSPS) is 23.2. The van der Waals surface area contributed by atoms with Gasteiger partial charge in [-0.1, -0.05) is 24.5 Å². The fourth-order valence-corrected chi connectivity index (χ4v) is 2.81. The maximum absolute atomic E-state index is 5.92. The summed E-state index contributed by atoms with van der Waals surface area (Å²) >= 11 is 0. The second-order valence-electron chi connectivity index (χ2n) is 4.87. The number of hydrogen-bond acceptors (Lipinski definition) is 3. The first kappa shape index (κ1) is 9.19. The predicted octanol–water partition coefficient (Wildman–Crippen LogP) is 2.24. The van der Waals surface area contributed by atoms with Gasteiger partial charge in [-0.2, -0.15) is 0 Å². The van der Waals surface area contributed by atoms with Crippen molar-refractivity contribution < 1.29 is 0 Å². The van der Waals surface area contributed by atoms with Crippen molar-refractivity contribution in [2.24, 2.45) is 0 Å². The van der Waals surface area contributed by atoms with Gasteiger partial charge in [-0.25, -0.2) is 4.68 Å². The topological polar surface area (TPSA) is 56.7 Å². The highest BCUT2D eigenvalue weighted by Gasteiger charge is 2.30. The number of nitrogens with zero attached hydrogens (tertiary/aromatic N) is 3. The summed E-state index contributed by atoms with van der Waals surface area (Å²) in [6.45, 7) is 0. The molecule has 0 unspecified atom stereocenters. The minimum atomic E-state index is 0.574. The van der Waals surface area contributed by atoms with Crippen molar-refractivity contribution >= 4 is 5.82 Å². The van der Waals surface area contributed by atoms with Gasteiger partial charge in [-0.3, -0.25) is 0 Å². The van der Waals surface area contributed by atoms with Gasteiger partial charge in [0.25, 0.3) is 0 Å². The van der Waals surface area contributed by atoms with Crippen molar-refractivity contribution in [1.29, 1.82) is 0 Å². The summed E-state index contributed by atoms with van der Waals surface area (Å²) in [7, 11) is 0. The molecule has 0 saturated heterocycles. The van der Waals surface area contributed by atoms with Crippen LogP contribution in [0.2, 0.25) is 0 Å². The smallest absolute Gasteiger partial charge is 0.169 e. The summed E-state index contributed by atoms with van der Waals surface area (Å²) in [4.78, 5) is 0. The Hall–Kier alpha value is -1.06. The zero-order valence-corrected chi connectivity index (χ0v) is 9.02. The molecule has 2 aliphatic carbocycles. The third-order valence-corrected chi connectivity index (χ3v) is 3.92. The van der Waals surface area contributed by atoms with Crippen LogP contribution >= 0.6 is 0 Å². The Morgan fingerprint density at radius 3 is 2.40 bits per heavy atom. The molecule has 82 valence electrons. The lowest BCUT2D eigenvalue weighted by molar-refractivity contribution is 0.360. The lowest BCUT2D eigenvalue weighted by atomic mass is 9.82. The molecule has 2 saturated carbocycles. The van der Waals surface area contributed by atoms with Crippen LogP contribution in [0.15, 0.2) is 0 Å². The minimum Gasteiger partial charge on any atom is -0.381 e. The molecular formula is C11H18N4. The van der Waals surface area contributed by atoms with Crippen LogP contribution in [0.1, 0.15) is 62.6 Å². The Morgan fingerprint density at radius 2 is 1.80 bits per heavy atom. The first-order valence-electron chi connectivity index (χ1n) is 6.07. The van der Waals surface area contributed by atoms with E-state index in [1.54, 1.807) is 0 Å².